The van der Waals surface area contributed by atoms with Crippen LogP contribution in [-0.2, 0) is 4.79 Å². The fraction of sp³-hybridized carbons (Fsp3) is 0.0833. The highest BCUT2D eigenvalue weighted by Gasteiger charge is 2.23. The lowest BCUT2D eigenvalue weighted by Crippen LogP contribution is -2.37. The lowest BCUT2D eigenvalue weighted by atomic mass is 10.1. The van der Waals surface area contributed by atoms with Gasteiger partial charge in [0.05, 0.1) is 5.69 Å². The van der Waals surface area contributed by atoms with E-state index in [1.807, 2.05) is 0 Å². The van der Waals surface area contributed by atoms with Crippen molar-refractivity contribution in [1.82, 2.24) is 10.3 Å². The Morgan fingerprint density at radius 3 is 2.52 bits per heavy atom. The van der Waals surface area contributed by atoms with Gasteiger partial charge in [-0.3, -0.25) is 9.59 Å². The number of rotatable bonds is 4. The van der Waals surface area contributed by atoms with E-state index in [9.17, 15) is 19.8 Å². The minimum absolute atomic E-state index is 0.0553. The molecule has 1 unspecified atom stereocenters. The number of nitrogen functional groups attached to an aromatic ring is 1. The van der Waals surface area contributed by atoms with E-state index in [1.54, 1.807) is 0 Å². The Hall–Kier alpha value is -2.81. The second-order valence-electron chi connectivity index (χ2n) is 4.12. The average molecular weight is 308 g/mol. The first-order valence-electron chi connectivity index (χ1n) is 5.71. The minimum Gasteiger partial charge on any atom is -0.504 e. The van der Waals surface area contributed by atoms with Crippen molar-refractivity contribution >= 4 is 28.3 Å². The predicted octanol–water partition coefficient (Wildman–Crippen LogP) is 0.0929. The summed E-state index contributed by atoms with van der Waals surface area (Å²) in [6.07, 6.45) is 0. The molecule has 0 aliphatic heterocycles. The third-order valence-corrected chi connectivity index (χ3v) is 3.33. The molecule has 0 radical (unpaired) electrons. The van der Waals surface area contributed by atoms with Crippen LogP contribution in [0, 0.1) is 0 Å². The topological polar surface area (TPSA) is 152 Å². The van der Waals surface area contributed by atoms with Gasteiger partial charge in [-0.25, -0.2) is 4.98 Å². The van der Waals surface area contributed by atoms with Crippen LogP contribution in [0.4, 0.5) is 5.13 Å². The summed E-state index contributed by atoms with van der Waals surface area (Å²) in [5, 5.41) is 22.7. The number of amides is 2. The normalized spacial score (nSPS) is 11.8. The Labute approximate surface area is 123 Å². The molecular formula is C12H12N4O4S. The number of aromatic nitrogens is 1. The number of benzene rings is 1. The van der Waals surface area contributed by atoms with E-state index in [4.69, 9.17) is 11.5 Å². The van der Waals surface area contributed by atoms with Crippen molar-refractivity contribution in [3.05, 3.63) is 34.8 Å². The van der Waals surface area contributed by atoms with Gasteiger partial charge in [0.25, 0.3) is 5.91 Å². The summed E-state index contributed by atoms with van der Waals surface area (Å²) >= 11 is 1.11. The van der Waals surface area contributed by atoms with Gasteiger partial charge in [-0.15, -0.1) is 11.3 Å². The molecule has 0 bridgehead atoms. The van der Waals surface area contributed by atoms with E-state index < -0.39 is 23.6 Å². The van der Waals surface area contributed by atoms with Crippen molar-refractivity contribution in [2.24, 2.45) is 5.73 Å². The smallest absolute Gasteiger partial charge is 0.252 e. The summed E-state index contributed by atoms with van der Waals surface area (Å²) < 4.78 is 0. The number of phenolic OH excluding ortho intramolecular Hbond substituents is 2. The molecule has 0 fully saturated rings. The van der Waals surface area contributed by atoms with Crippen molar-refractivity contribution in [1.29, 1.82) is 0 Å². The number of phenols is 2. The van der Waals surface area contributed by atoms with Gasteiger partial charge in [0.1, 0.15) is 0 Å². The van der Waals surface area contributed by atoms with Crippen LogP contribution >= 0.6 is 11.3 Å². The first-order chi connectivity index (χ1) is 9.88. The van der Waals surface area contributed by atoms with Crippen LogP contribution in [-0.4, -0.2) is 27.0 Å². The Balaban J connectivity index is 2.22. The predicted molar refractivity (Wildman–Crippen MR) is 75.7 cm³/mol. The highest BCUT2D eigenvalue weighted by atomic mass is 32.1. The van der Waals surface area contributed by atoms with Crippen molar-refractivity contribution in [2.75, 3.05) is 5.73 Å². The van der Waals surface area contributed by atoms with E-state index in [-0.39, 0.29) is 22.1 Å². The number of nitrogens with two attached hydrogens (primary N) is 2. The van der Waals surface area contributed by atoms with Gasteiger partial charge in [-0.2, -0.15) is 0 Å². The summed E-state index contributed by atoms with van der Waals surface area (Å²) in [6, 6.07) is 2.38. The van der Waals surface area contributed by atoms with Gasteiger partial charge in [0, 0.05) is 10.9 Å². The molecule has 0 aliphatic carbocycles. The molecule has 21 heavy (non-hydrogen) atoms. The molecule has 1 atom stereocenters. The van der Waals surface area contributed by atoms with Crippen LogP contribution in [0.5, 0.6) is 11.5 Å². The maximum atomic E-state index is 12.0. The van der Waals surface area contributed by atoms with E-state index in [0.717, 1.165) is 23.5 Å². The van der Waals surface area contributed by atoms with Gasteiger partial charge in [0.15, 0.2) is 22.7 Å². The van der Waals surface area contributed by atoms with Crippen LogP contribution in [0.3, 0.4) is 0 Å². The number of carbonyl (C=O) groups excluding carboxylic acids is 2. The number of anilines is 1. The Bertz CT molecular complexity index is 700. The molecule has 2 aromatic rings. The van der Waals surface area contributed by atoms with E-state index >= 15 is 0 Å². The highest BCUT2D eigenvalue weighted by Crippen LogP contribution is 2.25. The van der Waals surface area contributed by atoms with Crippen LogP contribution in [0.1, 0.15) is 22.1 Å². The first-order valence-corrected chi connectivity index (χ1v) is 6.59. The summed E-state index contributed by atoms with van der Waals surface area (Å²) in [7, 11) is 0. The summed E-state index contributed by atoms with van der Waals surface area (Å²) in [5.74, 6) is -2.25. The number of hydrogen-bond donors (Lipinski definition) is 5. The van der Waals surface area contributed by atoms with Gasteiger partial charge in [-0.05, 0) is 18.2 Å². The summed E-state index contributed by atoms with van der Waals surface area (Å²) in [6.45, 7) is 0. The van der Waals surface area contributed by atoms with Gasteiger partial charge in [-0.1, -0.05) is 0 Å². The SMILES string of the molecule is NC(=O)C(NC(=O)c1ccc(O)c(O)c1)c1csc(N)n1. The van der Waals surface area contributed by atoms with Crippen molar-refractivity contribution in [3.63, 3.8) is 0 Å². The Morgan fingerprint density at radius 2 is 2.00 bits per heavy atom. The fourth-order valence-corrected chi connectivity index (χ4v) is 2.19. The van der Waals surface area contributed by atoms with Crippen molar-refractivity contribution < 1.29 is 19.8 Å². The lowest BCUT2D eigenvalue weighted by Gasteiger charge is -2.13. The largest absolute Gasteiger partial charge is 0.504 e. The lowest BCUT2D eigenvalue weighted by molar-refractivity contribution is -0.120. The molecule has 2 amide bonds. The summed E-state index contributed by atoms with van der Waals surface area (Å²) in [5.41, 5.74) is 11.0. The Morgan fingerprint density at radius 1 is 1.29 bits per heavy atom. The van der Waals surface area contributed by atoms with E-state index in [0.29, 0.717) is 0 Å². The number of nitrogens with one attached hydrogen (secondary N) is 1. The summed E-state index contributed by atoms with van der Waals surface area (Å²) in [4.78, 5) is 27.4. The maximum Gasteiger partial charge on any atom is 0.252 e. The number of carbonyl (C=O) groups is 2. The Kier molecular flexibility index (Phi) is 3.94. The zero-order valence-electron chi connectivity index (χ0n) is 10.6. The van der Waals surface area contributed by atoms with Gasteiger partial charge in [0.2, 0.25) is 5.91 Å². The molecular weight excluding hydrogens is 296 g/mol. The van der Waals surface area contributed by atoms with Gasteiger partial charge >= 0.3 is 0 Å². The third kappa shape index (κ3) is 3.20. The number of nitrogens with zero attached hydrogens (tertiary/aromatic N) is 1. The molecule has 1 heterocycles. The van der Waals surface area contributed by atoms with E-state index in [2.05, 4.69) is 10.3 Å². The standard InChI is InChI=1S/C12H12N4O4S/c13-10(19)9(6-4-21-12(14)15-6)16-11(20)5-1-2-7(17)8(18)3-5/h1-4,9,17-18H,(H2,13,19)(H2,14,15)(H,16,20). The second kappa shape index (κ2) is 5.67. The van der Waals surface area contributed by atoms with Crippen LogP contribution in [0.15, 0.2) is 23.6 Å². The quantitative estimate of drug-likeness (QED) is 0.505. The second-order valence-corrected chi connectivity index (χ2v) is 5.01. The molecule has 1 aromatic carbocycles. The van der Waals surface area contributed by atoms with Crippen molar-refractivity contribution in [2.45, 2.75) is 6.04 Å². The maximum absolute atomic E-state index is 12.0. The van der Waals surface area contributed by atoms with Crippen LogP contribution in [0.25, 0.3) is 0 Å². The molecule has 0 saturated heterocycles. The monoisotopic (exact) mass is 308 g/mol. The zero-order valence-corrected chi connectivity index (χ0v) is 11.4. The van der Waals surface area contributed by atoms with Crippen LogP contribution < -0.4 is 16.8 Å². The highest BCUT2D eigenvalue weighted by molar-refractivity contribution is 7.13. The number of thiazole rings is 1. The third-order valence-electron chi connectivity index (χ3n) is 2.63. The fourth-order valence-electron chi connectivity index (χ4n) is 1.60. The molecule has 0 spiro atoms. The minimum atomic E-state index is -1.14. The number of primary amides is 1. The van der Waals surface area contributed by atoms with E-state index in [1.165, 1.54) is 11.4 Å². The molecule has 7 N–H and O–H groups in total. The first kappa shape index (κ1) is 14.6. The van der Waals surface area contributed by atoms with Crippen LogP contribution in [0.2, 0.25) is 0 Å². The molecule has 1 aromatic heterocycles. The molecule has 0 saturated carbocycles. The van der Waals surface area contributed by atoms with Gasteiger partial charge < -0.3 is 27.0 Å². The molecule has 8 nitrogen and oxygen atoms in total. The average Bonchev–Trinajstić information content (AvgIpc) is 2.84. The molecule has 9 heteroatoms. The van der Waals surface area contributed by atoms with Crippen molar-refractivity contribution in [3.8, 4) is 11.5 Å². The zero-order chi connectivity index (χ0) is 15.6. The number of hydrogen-bond acceptors (Lipinski definition) is 7. The molecule has 2 rings (SSSR count). The molecule has 0 aliphatic rings. The number of aromatic hydroxyl groups is 2. The molecule has 110 valence electrons.